The number of fused-ring (bicyclic) bond motifs is 1. The van der Waals surface area contributed by atoms with Gasteiger partial charge in [-0.2, -0.15) is 0 Å². The highest BCUT2D eigenvalue weighted by atomic mass is 16.5. The van der Waals surface area contributed by atoms with Gasteiger partial charge in [-0.25, -0.2) is 9.59 Å². The van der Waals surface area contributed by atoms with Crippen LogP contribution < -0.4 is 0 Å². The van der Waals surface area contributed by atoms with Crippen molar-refractivity contribution in [2.45, 2.75) is 45.7 Å². The Balaban J connectivity index is 1.91. The molecule has 0 bridgehead atoms. The van der Waals surface area contributed by atoms with E-state index in [0.29, 0.717) is 36.3 Å². The third-order valence-corrected chi connectivity index (χ3v) is 4.94. The van der Waals surface area contributed by atoms with Crippen LogP contribution in [0.4, 0.5) is 0 Å². The number of aliphatic carboxylic acids is 1. The number of rotatable bonds is 5. The summed E-state index contributed by atoms with van der Waals surface area (Å²) in [5.74, 6) is -1.79. The second-order valence-corrected chi connectivity index (χ2v) is 7.33. The molecule has 1 unspecified atom stereocenters. The topological polar surface area (TPSA) is 96.8 Å². The summed E-state index contributed by atoms with van der Waals surface area (Å²) in [7, 11) is 0. The number of carboxylic acid groups (broad SMARTS) is 1. The van der Waals surface area contributed by atoms with E-state index in [0.717, 1.165) is 0 Å². The zero-order chi connectivity index (χ0) is 19.1. The summed E-state index contributed by atoms with van der Waals surface area (Å²) < 4.78 is 5.16. The number of carboxylic acids is 1. The molecule has 2 aliphatic rings. The summed E-state index contributed by atoms with van der Waals surface area (Å²) in [4.78, 5) is 42.0. The molecule has 7 nitrogen and oxygen atoms in total. The van der Waals surface area contributed by atoms with Crippen LogP contribution in [0.25, 0.3) is 6.08 Å². The Hall–Kier alpha value is -2.70. The zero-order valence-electron chi connectivity index (χ0n) is 15.1. The minimum atomic E-state index is -0.994. The van der Waals surface area contributed by atoms with E-state index in [2.05, 4.69) is 4.98 Å². The van der Waals surface area contributed by atoms with Gasteiger partial charge in [-0.15, -0.1) is 0 Å². The zero-order valence-corrected chi connectivity index (χ0v) is 15.1. The van der Waals surface area contributed by atoms with Crippen molar-refractivity contribution in [2.75, 3.05) is 6.61 Å². The van der Waals surface area contributed by atoms with Gasteiger partial charge in [-0.05, 0) is 36.5 Å². The summed E-state index contributed by atoms with van der Waals surface area (Å²) in [6.45, 7) is 5.92. The summed E-state index contributed by atoms with van der Waals surface area (Å²) in [6.07, 6.45) is 4.41. The molecule has 3 rings (SSSR count). The Morgan fingerprint density at radius 2 is 2.19 bits per heavy atom. The summed E-state index contributed by atoms with van der Waals surface area (Å²) in [5.41, 5.74) is 0.638. The molecule has 0 radical (unpaired) electrons. The number of carbonyl (C=O) groups is 3. The molecule has 7 heteroatoms. The first kappa shape index (κ1) is 18.1. The lowest BCUT2D eigenvalue weighted by Gasteiger charge is -2.40. The van der Waals surface area contributed by atoms with Gasteiger partial charge in [0.2, 0.25) is 0 Å². The molecule has 1 amide bonds. The molecule has 3 heterocycles. The lowest BCUT2D eigenvalue weighted by Crippen LogP contribution is -2.57. The van der Waals surface area contributed by atoms with E-state index in [1.54, 1.807) is 24.4 Å². The van der Waals surface area contributed by atoms with Crippen molar-refractivity contribution in [2.24, 2.45) is 5.41 Å². The van der Waals surface area contributed by atoms with Gasteiger partial charge in [0.1, 0.15) is 6.04 Å². The monoisotopic (exact) mass is 358 g/mol. The Kier molecular flexibility index (Phi) is 4.56. The molecule has 2 aliphatic heterocycles. The molecule has 26 heavy (non-hydrogen) atoms. The fourth-order valence-electron chi connectivity index (χ4n) is 3.74. The Morgan fingerprint density at radius 1 is 1.46 bits per heavy atom. The van der Waals surface area contributed by atoms with Crippen molar-refractivity contribution in [1.82, 2.24) is 9.88 Å². The standard InChI is InChI=1S/C19H22N2O5/c1-4-8-26-18(25)11-6-5-7-20-13(11)9-12-14-10-19(2,3)15(17(23)24)21(14)16(12)22/h5-7,9,14-15H,4,8,10H2,1-3H3,(H,23,24)/b12-9+/t14?,15-/m0/s1. The third-order valence-electron chi connectivity index (χ3n) is 4.94. The van der Waals surface area contributed by atoms with Gasteiger partial charge in [0.05, 0.1) is 23.9 Å². The van der Waals surface area contributed by atoms with Crippen molar-refractivity contribution in [3.05, 3.63) is 35.2 Å². The normalized spacial score (nSPS) is 25.0. The molecule has 1 aromatic rings. The van der Waals surface area contributed by atoms with E-state index in [4.69, 9.17) is 4.74 Å². The highest BCUT2D eigenvalue weighted by Crippen LogP contribution is 2.49. The van der Waals surface area contributed by atoms with Crippen LogP contribution in [0.1, 0.15) is 49.7 Å². The average Bonchev–Trinajstić information content (AvgIpc) is 2.86. The van der Waals surface area contributed by atoms with Crippen LogP contribution in [0.2, 0.25) is 0 Å². The first-order valence-corrected chi connectivity index (χ1v) is 8.67. The number of hydrogen-bond acceptors (Lipinski definition) is 5. The molecule has 0 spiro atoms. The van der Waals surface area contributed by atoms with Gasteiger partial charge in [0, 0.05) is 11.8 Å². The maximum absolute atomic E-state index is 12.6. The van der Waals surface area contributed by atoms with Crippen molar-refractivity contribution in [3.8, 4) is 0 Å². The van der Waals surface area contributed by atoms with Gasteiger partial charge in [-0.3, -0.25) is 9.78 Å². The number of hydrogen-bond donors (Lipinski definition) is 1. The lowest BCUT2D eigenvalue weighted by atomic mass is 9.83. The van der Waals surface area contributed by atoms with E-state index in [-0.39, 0.29) is 11.9 Å². The number of esters is 1. The van der Waals surface area contributed by atoms with Crippen LogP contribution in [0.5, 0.6) is 0 Å². The second kappa shape index (κ2) is 6.55. The third kappa shape index (κ3) is 2.87. The maximum atomic E-state index is 12.6. The molecule has 138 valence electrons. The summed E-state index contributed by atoms with van der Waals surface area (Å²) in [5, 5.41) is 9.48. The van der Waals surface area contributed by atoms with E-state index < -0.39 is 23.4 Å². The van der Waals surface area contributed by atoms with Crippen molar-refractivity contribution in [3.63, 3.8) is 0 Å². The highest BCUT2D eigenvalue weighted by Gasteiger charge is 2.60. The molecule has 0 aromatic carbocycles. The molecular weight excluding hydrogens is 336 g/mol. The predicted octanol–water partition coefficient (Wildman–Crippen LogP) is 2.13. The van der Waals surface area contributed by atoms with Crippen LogP contribution in [-0.4, -0.2) is 51.5 Å². The second-order valence-electron chi connectivity index (χ2n) is 7.33. The Bertz CT molecular complexity index is 799. The predicted molar refractivity (Wildman–Crippen MR) is 93.2 cm³/mol. The number of β-lactam (4-membered cyclic amide) rings is 1. The number of ether oxygens (including phenoxy) is 1. The first-order valence-electron chi connectivity index (χ1n) is 8.67. The Labute approximate surface area is 151 Å². The van der Waals surface area contributed by atoms with Crippen LogP contribution in [0, 0.1) is 5.41 Å². The number of carbonyl (C=O) groups excluding carboxylic acids is 2. The van der Waals surface area contributed by atoms with Gasteiger partial charge in [0.25, 0.3) is 5.91 Å². The quantitative estimate of drug-likeness (QED) is 0.492. The van der Waals surface area contributed by atoms with Crippen molar-refractivity contribution >= 4 is 23.9 Å². The number of aromatic nitrogens is 1. The Morgan fingerprint density at radius 3 is 2.85 bits per heavy atom. The fourth-order valence-corrected chi connectivity index (χ4v) is 3.74. The largest absolute Gasteiger partial charge is 0.480 e. The first-order chi connectivity index (χ1) is 12.3. The maximum Gasteiger partial charge on any atom is 0.340 e. The van der Waals surface area contributed by atoms with Crippen LogP contribution in [0.3, 0.4) is 0 Å². The van der Waals surface area contributed by atoms with Crippen LogP contribution in [-0.2, 0) is 14.3 Å². The molecule has 0 saturated carbocycles. The van der Waals surface area contributed by atoms with Gasteiger partial charge >= 0.3 is 11.9 Å². The van der Waals surface area contributed by atoms with Gasteiger partial charge in [0.15, 0.2) is 0 Å². The molecule has 2 fully saturated rings. The SMILES string of the molecule is CCCOC(=O)c1cccnc1/C=C1/C(=O)N2C1CC(C)(C)[C@@H]2C(=O)O. The molecule has 1 aromatic heterocycles. The van der Waals surface area contributed by atoms with E-state index >= 15 is 0 Å². The summed E-state index contributed by atoms with van der Waals surface area (Å²) >= 11 is 0. The molecule has 2 atom stereocenters. The average molecular weight is 358 g/mol. The lowest BCUT2D eigenvalue weighted by molar-refractivity contribution is -0.154. The smallest absolute Gasteiger partial charge is 0.340 e. The number of amides is 1. The van der Waals surface area contributed by atoms with Gasteiger partial charge < -0.3 is 14.7 Å². The van der Waals surface area contributed by atoms with Crippen LogP contribution in [0.15, 0.2) is 23.9 Å². The number of pyridine rings is 1. The molecule has 2 saturated heterocycles. The van der Waals surface area contributed by atoms with Crippen molar-refractivity contribution in [1.29, 1.82) is 0 Å². The fraction of sp³-hybridized carbons (Fsp3) is 0.474. The van der Waals surface area contributed by atoms with E-state index in [1.165, 1.54) is 4.90 Å². The van der Waals surface area contributed by atoms with Crippen molar-refractivity contribution < 1.29 is 24.2 Å². The molecular formula is C19H22N2O5. The summed E-state index contributed by atoms with van der Waals surface area (Å²) in [6, 6.07) is 2.14. The molecule has 1 N–H and O–H groups in total. The van der Waals surface area contributed by atoms with Gasteiger partial charge in [-0.1, -0.05) is 20.8 Å². The minimum absolute atomic E-state index is 0.264. The van der Waals surface area contributed by atoms with Crippen LogP contribution >= 0.6 is 0 Å². The highest BCUT2D eigenvalue weighted by molar-refractivity contribution is 6.09. The van der Waals surface area contributed by atoms with E-state index in [1.807, 2.05) is 20.8 Å². The molecule has 0 aliphatic carbocycles. The number of nitrogens with zero attached hydrogens (tertiary/aromatic N) is 2. The van der Waals surface area contributed by atoms with E-state index in [9.17, 15) is 19.5 Å². The minimum Gasteiger partial charge on any atom is -0.480 e.